The van der Waals surface area contributed by atoms with Crippen LogP contribution in [0.4, 0.5) is 0 Å². The number of esters is 1. The molecular formula is C17H24O4. The number of carbonyl (C=O) groups excluding carboxylic acids is 1. The molecule has 116 valence electrons. The minimum absolute atomic E-state index is 0.0474. The highest BCUT2D eigenvalue weighted by molar-refractivity contribution is 5.72. The molecule has 1 aliphatic heterocycles. The fourth-order valence-corrected chi connectivity index (χ4v) is 3.10. The Morgan fingerprint density at radius 2 is 2.24 bits per heavy atom. The van der Waals surface area contributed by atoms with E-state index in [0.717, 1.165) is 6.42 Å². The topological polar surface area (TPSA) is 66.8 Å². The SMILES string of the molecule is CCC#CCC(C)C(O)/C=C/[C@@H]1[C@H]2CC(=O)O[C@H]2C[C@H]1O. The molecule has 21 heavy (non-hydrogen) atoms. The van der Waals surface area contributed by atoms with Crippen LogP contribution >= 0.6 is 0 Å². The van der Waals surface area contributed by atoms with Gasteiger partial charge in [0.25, 0.3) is 0 Å². The third kappa shape index (κ3) is 3.87. The van der Waals surface area contributed by atoms with Crippen LogP contribution < -0.4 is 0 Å². The van der Waals surface area contributed by atoms with Crippen molar-refractivity contribution in [3.63, 3.8) is 0 Å². The first kappa shape index (κ1) is 16.1. The van der Waals surface area contributed by atoms with Crippen molar-refractivity contribution >= 4 is 5.97 Å². The van der Waals surface area contributed by atoms with Crippen molar-refractivity contribution in [2.75, 3.05) is 0 Å². The van der Waals surface area contributed by atoms with Crippen molar-refractivity contribution < 1.29 is 19.7 Å². The van der Waals surface area contributed by atoms with Crippen molar-refractivity contribution in [1.29, 1.82) is 0 Å². The summed E-state index contributed by atoms with van der Waals surface area (Å²) in [5.41, 5.74) is 0. The van der Waals surface area contributed by atoms with Crippen molar-refractivity contribution in [1.82, 2.24) is 0 Å². The number of fused-ring (bicyclic) bond motifs is 1. The zero-order valence-corrected chi connectivity index (χ0v) is 12.7. The molecular weight excluding hydrogens is 268 g/mol. The molecule has 0 amide bonds. The van der Waals surface area contributed by atoms with Gasteiger partial charge in [-0.25, -0.2) is 0 Å². The molecule has 4 nitrogen and oxygen atoms in total. The lowest BCUT2D eigenvalue weighted by molar-refractivity contribution is -0.141. The normalized spacial score (nSPS) is 34.2. The summed E-state index contributed by atoms with van der Waals surface area (Å²) in [6.07, 6.45) is 4.69. The van der Waals surface area contributed by atoms with Gasteiger partial charge in [0.2, 0.25) is 0 Å². The summed E-state index contributed by atoms with van der Waals surface area (Å²) in [6.45, 7) is 3.95. The molecule has 2 fully saturated rings. The highest BCUT2D eigenvalue weighted by atomic mass is 16.6. The smallest absolute Gasteiger partial charge is 0.306 e. The molecule has 1 saturated carbocycles. The first-order valence-electron chi connectivity index (χ1n) is 7.72. The van der Waals surface area contributed by atoms with Crippen molar-refractivity contribution in [3.05, 3.63) is 12.2 Å². The molecule has 0 radical (unpaired) electrons. The minimum atomic E-state index is -0.583. The van der Waals surface area contributed by atoms with E-state index in [2.05, 4.69) is 11.8 Å². The Labute approximate surface area is 126 Å². The minimum Gasteiger partial charge on any atom is -0.462 e. The summed E-state index contributed by atoms with van der Waals surface area (Å²) in [5.74, 6) is 5.84. The Morgan fingerprint density at radius 1 is 1.48 bits per heavy atom. The van der Waals surface area contributed by atoms with Crippen LogP contribution in [0.2, 0.25) is 0 Å². The van der Waals surface area contributed by atoms with Crippen LogP contribution in [0.15, 0.2) is 12.2 Å². The largest absolute Gasteiger partial charge is 0.462 e. The lowest BCUT2D eigenvalue weighted by Crippen LogP contribution is -2.20. The van der Waals surface area contributed by atoms with Crippen molar-refractivity contribution in [2.45, 2.75) is 57.8 Å². The maximum atomic E-state index is 11.3. The molecule has 2 rings (SSSR count). The summed E-state index contributed by atoms with van der Waals surface area (Å²) >= 11 is 0. The van der Waals surface area contributed by atoms with Gasteiger partial charge in [-0.3, -0.25) is 4.79 Å². The first-order valence-corrected chi connectivity index (χ1v) is 7.72. The summed E-state index contributed by atoms with van der Waals surface area (Å²) in [4.78, 5) is 11.3. The summed E-state index contributed by atoms with van der Waals surface area (Å²) < 4.78 is 5.19. The maximum Gasteiger partial charge on any atom is 0.306 e. The first-order chi connectivity index (χ1) is 10.0. The van der Waals surface area contributed by atoms with E-state index in [4.69, 9.17) is 4.74 Å². The van der Waals surface area contributed by atoms with Crippen LogP contribution in [0.3, 0.4) is 0 Å². The maximum absolute atomic E-state index is 11.3. The highest BCUT2D eigenvalue weighted by Gasteiger charge is 2.48. The molecule has 0 aromatic rings. The molecule has 0 aromatic heterocycles. The predicted molar refractivity (Wildman–Crippen MR) is 79.1 cm³/mol. The van der Waals surface area contributed by atoms with Crippen LogP contribution in [0.25, 0.3) is 0 Å². The number of aliphatic hydroxyl groups is 2. The van der Waals surface area contributed by atoms with E-state index in [0.29, 0.717) is 19.3 Å². The van der Waals surface area contributed by atoms with Crippen LogP contribution in [0, 0.1) is 29.6 Å². The Bertz CT molecular complexity index is 459. The van der Waals surface area contributed by atoms with Crippen molar-refractivity contribution in [2.24, 2.45) is 17.8 Å². The Balaban J connectivity index is 1.91. The molecule has 2 unspecified atom stereocenters. The monoisotopic (exact) mass is 292 g/mol. The van der Waals surface area contributed by atoms with Crippen LogP contribution in [-0.4, -0.2) is 34.5 Å². The fraction of sp³-hybridized carbons (Fsp3) is 0.706. The third-order valence-corrected chi connectivity index (χ3v) is 4.41. The van der Waals surface area contributed by atoms with Crippen LogP contribution in [0.1, 0.15) is 39.5 Å². The van der Waals surface area contributed by atoms with Gasteiger partial charge in [-0.2, -0.15) is 0 Å². The third-order valence-electron chi connectivity index (χ3n) is 4.41. The summed E-state index contributed by atoms with van der Waals surface area (Å²) in [7, 11) is 0. The predicted octanol–water partition coefficient (Wildman–Crippen LogP) is 1.66. The van der Waals surface area contributed by atoms with Gasteiger partial charge in [-0.05, 0) is 5.92 Å². The fourth-order valence-electron chi connectivity index (χ4n) is 3.10. The Morgan fingerprint density at radius 3 is 2.95 bits per heavy atom. The highest BCUT2D eigenvalue weighted by Crippen LogP contribution is 2.42. The molecule has 4 heteroatoms. The van der Waals surface area contributed by atoms with E-state index in [1.807, 2.05) is 19.9 Å². The Hall–Kier alpha value is -1.31. The molecule has 2 aliphatic rings. The van der Waals surface area contributed by atoms with E-state index >= 15 is 0 Å². The van der Waals surface area contributed by atoms with E-state index in [9.17, 15) is 15.0 Å². The number of ether oxygens (including phenoxy) is 1. The number of rotatable bonds is 4. The standard InChI is InChI=1S/C17H24O4/c1-3-4-5-6-11(2)14(18)8-7-12-13-9-17(20)21-16(13)10-15(12)19/h7-8,11-16,18-19H,3,6,9-10H2,1-2H3/b8-7+/t11?,12-,13-,14?,15-,16+/m1/s1. The number of hydrogen-bond donors (Lipinski definition) is 2. The zero-order valence-electron chi connectivity index (χ0n) is 12.7. The second-order valence-corrected chi connectivity index (χ2v) is 6.04. The molecule has 1 saturated heterocycles. The van der Waals surface area contributed by atoms with E-state index < -0.39 is 12.2 Å². The average molecular weight is 292 g/mol. The molecule has 2 N–H and O–H groups in total. The second kappa shape index (κ2) is 7.11. The summed E-state index contributed by atoms with van der Waals surface area (Å²) in [5, 5.41) is 20.2. The van der Waals surface area contributed by atoms with Gasteiger partial charge in [-0.15, -0.1) is 11.8 Å². The van der Waals surface area contributed by atoms with Gasteiger partial charge in [0.1, 0.15) is 6.10 Å². The quantitative estimate of drug-likeness (QED) is 0.470. The van der Waals surface area contributed by atoms with Gasteiger partial charge < -0.3 is 14.9 Å². The van der Waals surface area contributed by atoms with E-state index in [1.54, 1.807) is 6.08 Å². The lowest BCUT2D eigenvalue weighted by atomic mass is 9.90. The van der Waals surface area contributed by atoms with Crippen molar-refractivity contribution in [3.8, 4) is 11.8 Å². The average Bonchev–Trinajstić information content (AvgIpc) is 2.91. The zero-order chi connectivity index (χ0) is 15.4. The lowest BCUT2D eigenvalue weighted by Gasteiger charge is -2.17. The number of hydrogen-bond acceptors (Lipinski definition) is 4. The molecule has 1 heterocycles. The van der Waals surface area contributed by atoms with Gasteiger partial charge >= 0.3 is 5.97 Å². The number of carbonyl (C=O) groups is 1. The number of aliphatic hydroxyl groups excluding tert-OH is 2. The molecule has 6 atom stereocenters. The molecule has 0 spiro atoms. The molecule has 0 bridgehead atoms. The van der Waals surface area contributed by atoms with Crippen LogP contribution in [0.5, 0.6) is 0 Å². The summed E-state index contributed by atoms with van der Waals surface area (Å²) in [6, 6.07) is 0. The van der Waals surface area contributed by atoms with E-state index in [-0.39, 0.29) is 29.8 Å². The molecule has 0 aromatic carbocycles. The van der Waals surface area contributed by atoms with Gasteiger partial charge in [0.05, 0.1) is 18.6 Å². The van der Waals surface area contributed by atoms with Gasteiger partial charge in [0, 0.05) is 31.1 Å². The van der Waals surface area contributed by atoms with Crippen LogP contribution in [-0.2, 0) is 9.53 Å². The van der Waals surface area contributed by atoms with Gasteiger partial charge in [-0.1, -0.05) is 26.0 Å². The second-order valence-electron chi connectivity index (χ2n) is 6.04. The Kier molecular flexibility index (Phi) is 5.44. The molecule has 1 aliphatic carbocycles. The van der Waals surface area contributed by atoms with E-state index in [1.165, 1.54) is 0 Å². The van der Waals surface area contributed by atoms with Gasteiger partial charge in [0.15, 0.2) is 0 Å².